The molecule has 1 unspecified atom stereocenters. The van der Waals surface area contributed by atoms with Crippen LogP contribution in [0.2, 0.25) is 0 Å². The molecule has 0 amide bonds. The molecule has 0 aromatic heterocycles. The lowest BCUT2D eigenvalue weighted by Gasteiger charge is -2.23. The first-order valence-electron chi connectivity index (χ1n) is 5.47. The van der Waals surface area contributed by atoms with E-state index in [1.807, 2.05) is 0 Å². The third kappa shape index (κ3) is 8.63. The van der Waals surface area contributed by atoms with Gasteiger partial charge in [-0.25, -0.2) is 0 Å². The Labute approximate surface area is 89.1 Å². The number of unbranched alkanes of at least 4 members (excludes halogenated alkanes) is 1. The number of nitrogens with one attached hydrogen (secondary N) is 1. The Hall–Kier alpha value is 0.310. The van der Waals surface area contributed by atoms with Gasteiger partial charge in [-0.3, -0.25) is 0 Å². The molecular formula is C11H25NS. The highest BCUT2D eigenvalue weighted by Crippen LogP contribution is 2.14. The minimum absolute atomic E-state index is 0.0281. The van der Waals surface area contributed by atoms with Crippen molar-refractivity contribution in [2.24, 2.45) is 5.92 Å². The zero-order valence-corrected chi connectivity index (χ0v) is 10.5. The van der Waals surface area contributed by atoms with E-state index in [-0.39, 0.29) is 4.87 Å². The van der Waals surface area contributed by atoms with Gasteiger partial charge in [-0.2, -0.15) is 12.6 Å². The largest absolute Gasteiger partial charge is 0.303 e. The molecule has 1 N–H and O–H groups in total. The molecule has 0 aliphatic carbocycles. The molecule has 0 aromatic carbocycles. The van der Waals surface area contributed by atoms with Gasteiger partial charge < -0.3 is 5.32 Å². The van der Waals surface area contributed by atoms with Crippen LogP contribution in [0.25, 0.3) is 0 Å². The Kier molecular flexibility index (Phi) is 6.88. The Morgan fingerprint density at radius 1 is 1.31 bits per heavy atom. The van der Waals surface area contributed by atoms with Crippen LogP contribution in [0.3, 0.4) is 0 Å². The fraction of sp³-hybridized carbons (Fsp3) is 1.00. The Bertz CT molecular complexity index is 118. The Balaban J connectivity index is 3.59. The monoisotopic (exact) mass is 203 g/mol. The third-order valence-corrected chi connectivity index (χ3v) is 2.52. The maximum atomic E-state index is 4.45. The molecule has 2 heteroatoms. The lowest BCUT2D eigenvalue weighted by atomic mass is 9.99. The van der Waals surface area contributed by atoms with Crippen LogP contribution in [0.1, 0.15) is 53.4 Å². The summed E-state index contributed by atoms with van der Waals surface area (Å²) >= 11 is 4.45. The minimum Gasteiger partial charge on any atom is -0.303 e. The molecule has 0 fully saturated rings. The first-order chi connectivity index (χ1) is 5.99. The molecule has 0 spiro atoms. The van der Waals surface area contributed by atoms with Gasteiger partial charge in [-0.15, -0.1) is 0 Å². The predicted octanol–water partition coefficient (Wildman–Crippen LogP) is 3.46. The summed E-state index contributed by atoms with van der Waals surface area (Å²) in [4.78, 5) is -0.0281. The second-order valence-corrected chi connectivity index (χ2v) is 5.47. The fourth-order valence-electron chi connectivity index (χ4n) is 1.34. The van der Waals surface area contributed by atoms with Crippen molar-refractivity contribution < 1.29 is 0 Å². The van der Waals surface area contributed by atoms with Crippen molar-refractivity contribution in [1.82, 2.24) is 5.32 Å². The Morgan fingerprint density at radius 2 is 1.92 bits per heavy atom. The number of hydrogen-bond acceptors (Lipinski definition) is 2. The summed E-state index contributed by atoms with van der Waals surface area (Å²) in [5.41, 5.74) is 0. The van der Waals surface area contributed by atoms with E-state index in [0.29, 0.717) is 0 Å². The van der Waals surface area contributed by atoms with Crippen molar-refractivity contribution in [2.75, 3.05) is 6.54 Å². The van der Waals surface area contributed by atoms with Gasteiger partial charge in [0.25, 0.3) is 0 Å². The number of hydrogen-bond donors (Lipinski definition) is 2. The second-order valence-electron chi connectivity index (χ2n) is 4.36. The molecule has 80 valence electrons. The second kappa shape index (κ2) is 6.72. The summed E-state index contributed by atoms with van der Waals surface area (Å²) in [5.74, 6) is 0.825. The summed E-state index contributed by atoms with van der Waals surface area (Å²) in [6.45, 7) is 9.83. The summed E-state index contributed by atoms with van der Waals surface area (Å²) in [7, 11) is 0. The van der Waals surface area contributed by atoms with Crippen molar-refractivity contribution >= 4 is 12.6 Å². The van der Waals surface area contributed by atoms with Crippen LogP contribution in [0.15, 0.2) is 0 Å². The molecule has 1 atom stereocenters. The van der Waals surface area contributed by atoms with Crippen LogP contribution in [0, 0.1) is 5.92 Å². The maximum Gasteiger partial charge on any atom is 0.0558 e. The smallest absolute Gasteiger partial charge is 0.0558 e. The van der Waals surface area contributed by atoms with Gasteiger partial charge >= 0.3 is 0 Å². The summed E-state index contributed by atoms with van der Waals surface area (Å²) in [5, 5.41) is 3.45. The van der Waals surface area contributed by atoms with E-state index >= 15 is 0 Å². The molecule has 0 aromatic rings. The maximum absolute atomic E-state index is 4.45. The zero-order valence-electron chi connectivity index (χ0n) is 9.56. The number of thiol groups is 1. The standard InChI is InChI=1S/C11H25NS/c1-5-7-8-10(6-2)9-12-11(3,4)13/h10,12-13H,5-9H2,1-4H3. The van der Waals surface area contributed by atoms with Crippen molar-refractivity contribution in [3.05, 3.63) is 0 Å². The average Bonchev–Trinajstić information content (AvgIpc) is 2.03. The molecule has 0 saturated carbocycles. The molecule has 0 radical (unpaired) electrons. The first-order valence-corrected chi connectivity index (χ1v) is 5.91. The lowest BCUT2D eigenvalue weighted by molar-refractivity contribution is 0.391. The summed E-state index contributed by atoms with van der Waals surface area (Å²) in [6.07, 6.45) is 5.29. The van der Waals surface area contributed by atoms with E-state index in [1.54, 1.807) is 0 Å². The first kappa shape index (κ1) is 13.3. The van der Waals surface area contributed by atoms with Crippen LogP contribution < -0.4 is 5.32 Å². The molecule has 0 saturated heterocycles. The lowest BCUT2D eigenvalue weighted by Crippen LogP contribution is -2.37. The SMILES string of the molecule is CCCCC(CC)CNC(C)(C)S. The predicted molar refractivity (Wildman–Crippen MR) is 64.4 cm³/mol. The Morgan fingerprint density at radius 3 is 2.31 bits per heavy atom. The molecule has 0 rings (SSSR count). The van der Waals surface area contributed by atoms with E-state index in [9.17, 15) is 0 Å². The van der Waals surface area contributed by atoms with Crippen molar-refractivity contribution in [3.8, 4) is 0 Å². The topological polar surface area (TPSA) is 12.0 Å². The van der Waals surface area contributed by atoms with Gasteiger partial charge in [0.2, 0.25) is 0 Å². The fourth-order valence-corrected chi connectivity index (χ4v) is 1.43. The molecule has 0 aliphatic heterocycles. The van der Waals surface area contributed by atoms with Crippen molar-refractivity contribution in [2.45, 2.75) is 58.2 Å². The molecule has 13 heavy (non-hydrogen) atoms. The molecule has 0 heterocycles. The van der Waals surface area contributed by atoms with E-state index in [4.69, 9.17) is 0 Å². The highest BCUT2D eigenvalue weighted by atomic mass is 32.1. The quantitative estimate of drug-likeness (QED) is 0.477. The highest BCUT2D eigenvalue weighted by molar-refractivity contribution is 7.81. The van der Waals surface area contributed by atoms with Crippen LogP contribution >= 0.6 is 12.6 Å². The van der Waals surface area contributed by atoms with Crippen LogP contribution in [0.5, 0.6) is 0 Å². The summed E-state index contributed by atoms with van der Waals surface area (Å²) in [6, 6.07) is 0. The number of rotatable bonds is 7. The molecule has 1 nitrogen and oxygen atoms in total. The van der Waals surface area contributed by atoms with Gasteiger partial charge in [-0.05, 0) is 32.7 Å². The van der Waals surface area contributed by atoms with Gasteiger partial charge in [-0.1, -0.05) is 33.1 Å². The summed E-state index contributed by atoms with van der Waals surface area (Å²) < 4.78 is 0. The average molecular weight is 203 g/mol. The highest BCUT2D eigenvalue weighted by Gasteiger charge is 2.12. The van der Waals surface area contributed by atoms with Crippen LogP contribution in [-0.4, -0.2) is 11.4 Å². The molecule has 0 aliphatic rings. The van der Waals surface area contributed by atoms with Crippen molar-refractivity contribution in [3.63, 3.8) is 0 Å². The van der Waals surface area contributed by atoms with Crippen molar-refractivity contribution in [1.29, 1.82) is 0 Å². The van der Waals surface area contributed by atoms with Gasteiger partial charge in [0, 0.05) is 0 Å². The van der Waals surface area contributed by atoms with E-state index in [2.05, 4.69) is 45.6 Å². The minimum atomic E-state index is -0.0281. The molecule has 0 bridgehead atoms. The van der Waals surface area contributed by atoms with Gasteiger partial charge in [0.1, 0.15) is 0 Å². The normalized spacial score (nSPS) is 14.5. The van der Waals surface area contributed by atoms with Crippen LogP contribution in [0.4, 0.5) is 0 Å². The van der Waals surface area contributed by atoms with Gasteiger partial charge in [0.15, 0.2) is 0 Å². The van der Waals surface area contributed by atoms with E-state index in [1.165, 1.54) is 25.7 Å². The van der Waals surface area contributed by atoms with E-state index < -0.39 is 0 Å². The molecular weight excluding hydrogens is 178 g/mol. The van der Waals surface area contributed by atoms with Crippen LogP contribution in [-0.2, 0) is 0 Å². The van der Waals surface area contributed by atoms with E-state index in [0.717, 1.165) is 12.5 Å². The third-order valence-electron chi connectivity index (χ3n) is 2.37. The zero-order chi connectivity index (χ0) is 10.3. The van der Waals surface area contributed by atoms with Gasteiger partial charge in [0.05, 0.1) is 4.87 Å².